The van der Waals surface area contributed by atoms with Crippen LogP contribution in [0.2, 0.25) is 0 Å². The van der Waals surface area contributed by atoms with Crippen molar-refractivity contribution in [1.82, 2.24) is 0 Å². The number of unbranched alkanes of at least 4 members (excludes halogenated alkanes) is 19. The Morgan fingerprint density at radius 3 is 0.724 bits per heavy atom. The molecule has 0 bridgehead atoms. The highest BCUT2D eigenvalue weighted by Crippen LogP contribution is 2.14. The van der Waals surface area contributed by atoms with Crippen molar-refractivity contribution in [1.29, 1.82) is 0 Å². The fourth-order valence-electron chi connectivity index (χ4n) is 3.40. The maximum Gasteiger partial charge on any atom is 0.0402 e. The average molecular weight is 418 g/mol. The summed E-state index contributed by atoms with van der Waals surface area (Å²) in [7, 11) is 0. The van der Waals surface area contributed by atoms with Crippen LogP contribution in [0.5, 0.6) is 0 Å². The molecule has 0 aromatic heterocycles. The summed E-state index contributed by atoms with van der Waals surface area (Å²) in [6, 6.07) is 0. The second-order valence-electron chi connectivity index (χ2n) is 8.14. The summed E-state index contributed by atoms with van der Waals surface area (Å²) in [4.78, 5) is 0. The molecule has 3 heteroatoms. The van der Waals surface area contributed by atoms with Crippen LogP contribution in [0.15, 0.2) is 0 Å². The third kappa shape index (κ3) is 47.2. The minimum Gasteiger partial charge on any atom is -0.397 e. The Morgan fingerprint density at radius 2 is 0.552 bits per heavy atom. The van der Waals surface area contributed by atoms with E-state index in [1.807, 2.05) is 0 Å². The summed E-state index contributed by atoms with van der Waals surface area (Å²) in [5.74, 6) is 0. The predicted molar refractivity (Wildman–Crippen MR) is 133 cm³/mol. The maximum absolute atomic E-state index is 7.57. The monoisotopic (exact) mass is 417 g/mol. The van der Waals surface area contributed by atoms with Crippen LogP contribution in [-0.2, 0) is 0 Å². The average Bonchev–Trinajstić information content (AvgIpc) is 2.71. The molecule has 4 N–H and O–H groups in total. The lowest BCUT2D eigenvalue weighted by molar-refractivity contribution is 0.318. The van der Waals surface area contributed by atoms with Crippen LogP contribution in [-0.4, -0.2) is 30.0 Å². The van der Waals surface area contributed by atoms with E-state index in [-0.39, 0.29) is 13.2 Å². The lowest BCUT2D eigenvalue weighted by Crippen LogP contribution is -1.97. The molecule has 0 aromatic carbocycles. The summed E-state index contributed by atoms with van der Waals surface area (Å²) >= 11 is 0. The summed E-state index contributed by atoms with van der Waals surface area (Å²) in [5.41, 5.74) is 5.51. The summed E-state index contributed by atoms with van der Waals surface area (Å²) in [6.45, 7) is 7.03. The molecule has 0 aliphatic heterocycles. The molecule has 0 radical (unpaired) electrons. The molecule has 0 aliphatic rings. The highest BCUT2D eigenvalue weighted by Gasteiger charge is 1.95. The molecule has 0 aliphatic carbocycles. The van der Waals surface area contributed by atoms with Crippen LogP contribution in [0.1, 0.15) is 149 Å². The van der Waals surface area contributed by atoms with E-state index in [9.17, 15) is 0 Å². The van der Waals surface area contributed by atoms with Crippen LogP contribution in [0, 0.1) is 0 Å². The fraction of sp³-hybridized carbons (Fsp3) is 1.00. The van der Waals surface area contributed by atoms with Gasteiger partial charge in [0.15, 0.2) is 0 Å². The molecule has 3 nitrogen and oxygen atoms in total. The molecule has 0 saturated carbocycles. The number of hydrogen-bond acceptors (Lipinski definition) is 3. The zero-order valence-corrected chi connectivity index (χ0v) is 20.7. The molecule has 0 rings (SSSR count). The van der Waals surface area contributed by atoms with Gasteiger partial charge in [0, 0.05) is 13.2 Å². The van der Waals surface area contributed by atoms with E-state index in [1.165, 1.54) is 128 Å². The molecule has 0 saturated heterocycles. The molecular formula is C26H59NO2. The first-order valence-electron chi connectivity index (χ1n) is 13.2. The predicted octanol–water partition coefficient (Wildman–Crippen LogP) is 7.76. The Bertz CT molecular complexity index is 203. The topological polar surface area (TPSA) is 66.5 Å². The molecular weight excluding hydrogens is 358 g/mol. The van der Waals surface area contributed by atoms with Crippen LogP contribution in [0.25, 0.3) is 0 Å². The second-order valence-corrected chi connectivity index (χ2v) is 8.14. The van der Waals surface area contributed by atoms with E-state index in [2.05, 4.69) is 6.92 Å². The van der Waals surface area contributed by atoms with Gasteiger partial charge in [-0.05, 0) is 26.8 Å². The van der Waals surface area contributed by atoms with E-state index < -0.39 is 0 Å². The Labute approximate surface area is 185 Å². The van der Waals surface area contributed by atoms with Gasteiger partial charge in [-0.1, -0.05) is 129 Å². The molecule has 29 heavy (non-hydrogen) atoms. The van der Waals surface area contributed by atoms with E-state index in [0.29, 0.717) is 0 Å². The van der Waals surface area contributed by atoms with Crippen molar-refractivity contribution >= 4 is 0 Å². The van der Waals surface area contributed by atoms with Gasteiger partial charge in [-0.3, -0.25) is 0 Å². The molecule has 0 fully saturated rings. The van der Waals surface area contributed by atoms with Gasteiger partial charge in [-0.15, -0.1) is 0 Å². The Hall–Kier alpha value is -0.120. The van der Waals surface area contributed by atoms with Crippen LogP contribution >= 0.6 is 0 Å². The number of hydrogen-bond donors (Lipinski definition) is 3. The maximum atomic E-state index is 7.57. The largest absolute Gasteiger partial charge is 0.397 e. The van der Waals surface area contributed by atoms with E-state index in [4.69, 9.17) is 15.9 Å². The van der Waals surface area contributed by atoms with Gasteiger partial charge in [0.05, 0.1) is 0 Å². The van der Waals surface area contributed by atoms with Crippen LogP contribution in [0.3, 0.4) is 0 Å². The van der Waals surface area contributed by atoms with Gasteiger partial charge in [-0.2, -0.15) is 0 Å². The first-order chi connectivity index (χ1) is 14.2. The SMILES string of the molecule is CCCCCCCCCCCCCCCCCCCCCCN.CCO.CCO. The number of aliphatic hydroxyl groups excluding tert-OH is 2. The van der Waals surface area contributed by atoms with Gasteiger partial charge in [0.1, 0.15) is 0 Å². The molecule has 0 unspecified atom stereocenters. The first kappa shape index (κ1) is 33.5. The highest BCUT2D eigenvalue weighted by molar-refractivity contribution is 4.50. The van der Waals surface area contributed by atoms with E-state index >= 15 is 0 Å². The summed E-state index contributed by atoms with van der Waals surface area (Å²) < 4.78 is 0. The zero-order chi connectivity index (χ0) is 22.3. The molecule has 0 heterocycles. The van der Waals surface area contributed by atoms with Crippen molar-refractivity contribution in [3.63, 3.8) is 0 Å². The number of aliphatic hydroxyl groups is 2. The lowest BCUT2D eigenvalue weighted by atomic mass is 10.0. The van der Waals surface area contributed by atoms with Gasteiger partial charge in [0.2, 0.25) is 0 Å². The smallest absolute Gasteiger partial charge is 0.0402 e. The Balaban J connectivity index is -0.000000993. The van der Waals surface area contributed by atoms with Crippen molar-refractivity contribution < 1.29 is 10.2 Å². The number of rotatable bonds is 20. The fourth-order valence-corrected chi connectivity index (χ4v) is 3.40. The van der Waals surface area contributed by atoms with Crippen molar-refractivity contribution in [2.75, 3.05) is 19.8 Å². The Morgan fingerprint density at radius 1 is 0.379 bits per heavy atom. The lowest BCUT2D eigenvalue weighted by Gasteiger charge is -2.04. The Kier molecular flexibility index (Phi) is 44.5. The minimum absolute atomic E-state index is 0.250. The van der Waals surface area contributed by atoms with Crippen molar-refractivity contribution in [2.24, 2.45) is 5.73 Å². The highest BCUT2D eigenvalue weighted by atomic mass is 16.3. The van der Waals surface area contributed by atoms with Crippen molar-refractivity contribution in [2.45, 2.75) is 149 Å². The van der Waals surface area contributed by atoms with Crippen LogP contribution in [0.4, 0.5) is 0 Å². The standard InChI is InChI=1S/C22H47N.2C2H6O/c1-2-3-4-5-6-7-8-9-10-11-12-13-14-15-16-17-18-19-20-21-22-23;2*1-2-3/h2-23H2,1H3;2*3H,2H2,1H3. The molecule has 180 valence electrons. The van der Waals surface area contributed by atoms with Crippen molar-refractivity contribution in [3.05, 3.63) is 0 Å². The van der Waals surface area contributed by atoms with Crippen LogP contribution < -0.4 is 5.73 Å². The summed E-state index contributed by atoms with van der Waals surface area (Å²) in [5, 5.41) is 15.1. The molecule has 0 aromatic rings. The van der Waals surface area contributed by atoms with Gasteiger partial charge < -0.3 is 15.9 Å². The van der Waals surface area contributed by atoms with Gasteiger partial charge >= 0.3 is 0 Å². The minimum atomic E-state index is 0.250. The third-order valence-corrected chi connectivity index (χ3v) is 5.06. The quantitative estimate of drug-likeness (QED) is 0.177. The van der Waals surface area contributed by atoms with E-state index in [0.717, 1.165) is 6.54 Å². The first-order valence-corrected chi connectivity index (χ1v) is 13.2. The summed E-state index contributed by atoms with van der Waals surface area (Å²) in [6.07, 6.45) is 28.8. The molecule has 0 spiro atoms. The van der Waals surface area contributed by atoms with Gasteiger partial charge in [-0.25, -0.2) is 0 Å². The normalized spacial score (nSPS) is 10.1. The molecule has 0 atom stereocenters. The van der Waals surface area contributed by atoms with E-state index in [1.54, 1.807) is 13.8 Å². The zero-order valence-electron chi connectivity index (χ0n) is 20.7. The van der Waals surface area contributed by atoms with Crippen molar-refractivity contribution in [3.8, 4) is 0 Å². The second kappa shape index (κ2) is 38.5. The molecule has 0 amide bonds. The third-order valence-electron chi connectivity index (χ3n) is 5.06. The number of nitrogens with two attached hydrogens (primary N) is 1. The van der Waals surface area contributed by atoms with Gasteiger partial charge in [0.25, 0.3) is 0 Å².